The molecule has 0 spiro atoms. The van der Waals surface area contributed by atoms with Gasteiger partial charge in [0.1, 0.15) is 5.75 Å². The Bertz CT molecular complexity index is 853. The Hall–Kier alpha value is -2.57. The normalized spacial score (nSPS) is 11.1. The SMILES string of the molecule is CC(=NNC(=O)CCC(=O)Nc1ccc(Cl)cc1Cl)c1ccccc1O. The second-order valence-electron chi connectivity index (χ2n) is 5.42. The van der Waals surface area contributed by atoms with Gasteiger partial charge in [-0.05, 0) is 37.3 Å². The molecule has 0 bridgehead atoms. The fourth-order valence-electron chi connectivity index (χ4n) is 2.07. The van der Waals surface area contributed by atoms with Crippen molar-refractivity contribution in [3.05, 3.63) is 58.1 Å². The average molecular weight is 394 g/mol. The zero-order valence-corrected chi connectivity index (χ0v) is 15.4. The number of para-hydroxylation sites is 1. The summed E-state index contributed by atoms with van der Waals surface area (Å²) >= 11 is 11.8. The summed E-state index contributed by atoms with van der Waals surface area (Å²) in [7, 11) is 0. The fraction of sp³-hybridized carbons (Fsp3) is 0.167. The molecule has 0 aliphatic carbocycles. The summed E-state index contributed by atoms with van der Waals surface area (Å²) in [5, 5.41) is 17.1. The maximum absolute atomic E-state index is 11.9. The number of phenolic OH excluding ortho intramolecular Hbond substituents is 1. The number of benzene rings is 2. The summed E-state index contributed by atoms with van der Waals surface area (Å²) in [5.41, 5.74) is 3.76. The molecule has 2 aromatic carbocycles. The van der Waals surface area contributed by atoms with Crippen LogP contribution in [-0.4, -0.2) is 22.6 Å². The number of phenols is 1. The molecular formula is C18H17Cl2N3O3. The first-order valence-corrected chi connectivity index (χ1v) is 8.49. The molecule has 0 aromatic heterocycles. The summed E-state index contributed by atoms with van der Waals surface area (Å²) in [6, 6.07) is 11.4. The van der Waals surface area contributed by atoms with Crippen LogP contribution in [0.5, 0.6) is 5.75 Å². The van der Waals surface area contributed by atoms with Gasteiger partial charge in [-0.15, -0.1) is 0 Å². The van der Waals surface area contributed by atoms with Crippen LogP contribution < -0.4 is 10.7 Å². The van der Waals surface area contributed by atoms with Crippen molar-refractivity contribution in [1.82, 2.24) is 5.43 Å². The van der Waals surface area contributed by atoms with E-state index in [2.05, 4.69) is 15.8 Å². The average Bonchev–Trinajstić information content (AvgIpc) is 2.60. The number of hydrogen-bond acceptors (Lipinski definition) is 4. The number of anilines is 1. The van der Waals surface area contributed by atoms with Crippen LogP contribution in [0.3, 0.4) is 0 Å². The fourth-order valence-corrected chi connectivity index (χ4v) is 2.53. The largest absolute Gasteiger partial charge is 0.507 e. The van der Waals surface area contributed by atoms with Crippen LogP contribution >= 0.6 is 23.2 Å². The Morgan fingerprint density at radius 3 is 2.46 bits per heavy atom. The Morgan fingerprint density at radius 2 is 1.77 bits per heavy atom. The van der Waals surface area contributed by atoms with Crippen molar-refractivity contribution in [1.29, 1.82) is 0 Å². The number of halogens is 2. The Balaban J connectivity index is 1.83. The number of nitrogens with one attached hydrogen (secondary N) is 2. The third-order valence-corrected chi connectivity index (χ3v) is 3.97. The number of hydrogen-bond donors (Lipinski definition) is 3. The van der Waals surface area contributed by atoms with Crippen molar-refractivity contribution in [3.63, 3.8) is 0 Å². The molecule has 2 amide bonds. The van der Waals surface area contributed by atoms with E-state index in [0.29, 0.717) is 27.0 Å². The minimum Gasteiger partial charge on any atom is -0.507 e. The highest BCUT2D eigenvalue weighted by Gasteiger charge is 2.10. The summed E-state index contributed by atoms with van der Waals surface area (Å²) < 4.78 is 0. The number of carbonyl (C=O) groups excluding carboxylic acids is 2. The first kappa shape index (κ1) is 19.8. The van der Waals surface area contributed by atoms with Crippen molar-refractivity contribution in [3.8, 4) is 5.75 Å². The van der Waals surface area contributed by atoms with Gasteiger partial charge < -0.3 is 10.4 Å². The van der Waals surface area contributed by atoms with Crippen LogP contribution in [0.15, 0.2) is 47.6 Å². The van der Waals surface area contributed by atoms with Crippen LogP contribution in [0.4, 0.5) is 5.69 Å². The third-order valence-electron chi connectivity index (χ3n) is 3.43. The Labute approximate surface area is 160 Å². The van der Waals surface area contributed by atoms with E-state index in [4.69, 9.17) is 23.2 Å². The molecule has 26 heavy (non-hydrogen) atoms. The number of aromatic hydroxyl groups is 1. The minimum absolute atomic E-state index is 0.0318. The van der Waals surface area contributed by atoms with Crippen molar-refractivity contribution in [2.24, 2.45) is 5.10 Å². The van der Waals surface area contributed by atoms with Gasteiger partial charge in [0.05, 0.1) is 16.4 Å². The van der Waals surface area contributed by atoms with E-state index in [1.165, 1.54) is 12.1 Å². The number of rotatable bonds is 6. The van der Waals surface area contributed by atoms with E-state index in [1.54, 1.807) is 37.3 Å². The maximum atomic E-state index is 11.9. The van der Waals surface area contributed by atoms with E-state index in [-0.39, 0.29) is 24.5 Å². The van der Waals surface area contributed by atoms with Crippen molar-refractivity contribution in [2.75, 3.05) is 5.32 Å². The van der Waals surface area contributed by atoms with Gasteiger partial charge in [-0.2, -0.15) is 5.10 Å². The van der Waals surface area contributed by atoms with Gasteiger partial charge in [0.2, 0.25) is 11.8 Å². The summed E-state index contributed by atoms with van der Waals surface area (Å²) in [6.07, 6.45) is -0.0788. The molecule has 0 saturated carbocycles. The molecule has 0 saturated heterocycles. The smallest absolute Gasteiger partial charge is 0.240 e. The van der Waals surface area contributed by atoms with E-state index in [0.717, 1.165) is 0 Å². The molecule has 0 heterocycles. The predicted molar refractivity (Wildman–Crippen MR) is 103 cm³/mol. The lowest BCUT2D eigenvalue weighted by atomic mass is 10.1. The first-order valence-electron chi connectivity index (χ1n) is 7.73. The second-order valence-corrected chi connectivity index (χ2v) is 6.27. The number of amides is 2. The number of carbonyl (C=O) groups is 2. The number of nitrogens with zero attached hydrogens (tertiary/aromatic N) is 1. The van der Waals surface area contributed by atoms with Gasteiger partial charge in [0, 0.05) is 23.4 Å². The lowest BCUT2D eigenvalue weighted by Gasteiger charge is -2.07. The van der Waals surface area contributed by atoms with Gasteiger partial charge in [0.15, 0.2) is 0 Å². The lowest BCUT2D eigenvalue weighted by Crippen LogP contribution is -2.21. The molecule has 8 heteroatoms. The van der Waals surface area contributed by atoms with Gasteiger partial charge in [-0.3, -0.25) is 9.59 Å². The standard InChI is InChI=1S/C18H17Cl2N3O3/c1-11(13-4-2-3-5-16(13)24)22-23-18(26)9-8-17(25)21-15-7-6-12(19)10-14(15)20/h2-7,10,24H,8-9H2,1H3,(H,21,25)(H,23,26). The third kappa shape index (κ3) is 5.75. The molecule has 0 aliphatic heterocycles. The molecule has 0 fully saturated rings. The topological polar surface area (TPSA) is 90.8 Å². The zero-order valence-electron chi connectivity index (χ0n) is 13.9. The van der Waals surface area contributed by atoms with Gasteiger partial charge >= 0.3 is 0 Å². The van der Waals surface area contributed by atoms with E-state index >= 15 is 0 Å². The molecule has 2 aromatic rings. The van der Waals surface area contributed by atoms with E-state index in [9.17, 15) is 14.7 Å². The van der Waals surface area contributed by atoms with Crippen molar-refractivity contribution in [2.45, 2.75) is 19.8 Å². The van der Waals surface area contributed by atoms with E-state index in [1.807, 2.05) is 0 Å². The summed E-state index contributed by atoms with van der Waals surface area (Å²) in [4.78, 5) is 23.7. The summed E-state index contributed by atoms with van der Waals surface area (Å²) in [5.74, 6) is -0.704. The molecule has 0 atom stereocenters. The highest BCUT2D eigenvalue weighted by atomic mass is 35.5. The van der Waals surface area contributed by atoms with Crippen molar-refractivity contribution < 1.29 is 14.7 Å². The van der Waals surface area contributed by atoms with Gasteiger partial charge in [0.25, 0.3) is 0 Å². The number of hydrazone groups is 1. The molecule has 2 rings (SSSR count). The minimum atomic E-state index is -0.419. The monoisotopic (exact) mass is 393 g/mol. The van der Waals surface area contributed by atoms with Crippen LogP contribution in [-0.2, 0) is 9.59 Å². The Morgan fingerprint density at radius 1 is 1.08 bits per heavy atom. The molecule has 0 unspecified atom stereocenters. The molecule has 136 valence electrons. The maximum Gasteiger partial charge on any atom is 0.240 e. The molecule has 0 radical (unpaired) electrons. The van der Waals surface area contributed by atoms with Gasteiger partial charge in [-0.25, -0.2) is 5.43 Å². The van der Waals surface area contributed by atoms with Crippen LogP contribution in [0.1, 0.15) is 25.3 Å². The Kier molecular flexibility index (Phi) is 7.00. The van der Waals surface area contributed by atoms with Crippen molar-refractivity contribution >= 4 is 46.4 Å². The highest BCUT2D eigenvalue weighted by Crippen LogP contribution is 2.25. The van der Waals surface area contributed by atoms with Gasteiger partial charge in [-0.1, -0.05) is 35.3 Å². The molecular weight excluding hydrogens is 377 g/mol. The zero-order chi connectivity index (χ0) is 19.1. The predicted octanol–water partition coefficient (Wildman–Crippen LogP) is 3.96. The van der Waals surface area contributed by atoms with Crippen LogP contribution in [0.25, 0.3) is 0 Å². The highest BCUT2D eigenvalue weighted by molar-refractivity contribution is 6.36. The van der Waals surface area contributed by atoms with Crippen LogP contribution in [0, 0.1) is 0 Å². The lowest BCUT2D eigenvalue weighted by molar-refractivity contribution is -0.124. The first-order chi connectivity index (χ1) is 12.4. The summed E-state index contributed by atoms with van der Waals surface area (Å²) in [6.45, 7) is 1.66. The second kappa shape index (κ2) is 9.22. The molecule has 3 N–H and O–H groups in total. The molecule has 0 aliphatic rings. The molecule has 6 nitrogen and oxygen atoms in total. The van der Waals surface area contributed by atoms with E-state index < -0.39 is 5.91 Å². The quantitative estimate of drug-likeness (QED) is 0.512. The van der Waals surface area contributed by atoms with Crippen LogP contribution in [0.2, 0.25) is 10.0 Å².